The second kappa shape index (κ2) is 7.53. The Labute approximate surface area is 132 Å². The molecule has 0 bridgehead atoms. The SMILES string of the molecule is C[SiH]1CCCCO[Si](C)(CNC(=O)C(C(F)(F)F)C(F)(F)F)O1. The van der Waals surface area contributed by atoms with Gasteiger partial charge < -0.3 is 13.9 Å². The van der Waals surface area contributed by atoms with Gasteiger partial charge in [0.1, 0.15) is 0 Å². The van der Waals surface area contributed by atoms with Crippen LogP contribution < -0.4 is 5.32 Å². The average Bonchev–Trinajstić information content (AvgIpc) is 2.30. The highest BCUT2D eigenvalue weighted by Crippen LogP contribution is 2.39. The highest BCUT2D eigenvalue weighted by molar-refractivity contribution is 6.74. The van der Waals surface area contributed by atoms with Gasteiger partial charge in [0.15, 0.2) is 9.04 Å². The number of hydrogen-bond donors (Lipinski definition) is 1. The van der Waals surface area contributed by atoms with Crippen molar-refractivity contribution >= 4 is 23.5 Å². The summed E-state index contributed by atoms with van der Waals surface area (Å²) < 4.78 is 86.2. The van der Waals surface area contributed by atoms with E-state index in [4.69, 9.17) is 8.54 Å². The van der Waals surface area contributed by atoms with Crippen molar-refractivity contribution in [3.05, 3.63) is 0 Å². The fourth-order valence-electron chi connectivity index (χ4n) is 2.27. The molecular weight excluding hydrogens is 364 g/mol. The van der Waals surface area contributed by atoms with Gasteiger partial charge in [-0.05, 0) is 25.6 Å². The zero-order valence-corrected chi connectivity index (χ0v) is 14.8. The molecule has 0 aliphatic carbocycles. The first-order chi connectivity index (χ1) is 10.4. The van der Waals surface area contributed by atoms with E-state index in [0.29, 0.717) is 6.61 Å². The van der Waals surface area contributed by atoms with Crippen molar-refractivity contribution in [1.82, 2.24) is 5.32 Å². The van der Waals surface area contributed by atoms with E-state index in [1.54, 1.807) is 5.32 Å². The van der Waals surface area contributed by atoms with Crippen LogP contribution in [0.15, 0.2) is 0 Å². The van der Waals surface area contributed by atoms with Gasteiger partial charge in [-0.1, -0.05) is 6.42 Å². The van der Waals surface area contributed by atoms with Crippen LogP contribution in [0.4, 0.5) is 26.3 Å². The Morgan fingerprint density at radius 2 is 1.78 bits per heavy atom. The number of rotatable bonds is 3. The molecule has 1 aliphatic rings. The molecule has 1 aliphatic heterocycles. The lowest BCUT2D eigenvalue weighted by Crippen LogP contribution is -2.56. The molecule has 1 fully saturated rings. The molecule has 2 unspecified atom stereocenters. The molecule has 136 valence electrons. The van der Waals surface area contributed by atoms with Gasteiger partial charge in [0.05, 0.1) is 6.17 Å². The number of hydrogen-bond acceptors (Lipinski definition) is 3. The number of carbonyl (C=O) groups excluding carboxylic acids is 1. The minimum Gasteiger partial charge on any atom is -0.438 e. The normalized spacial score (nSPS) is 27.4. The predicted molar refractivity (Wildman–Crippen MR) is 74.3 cm³/mol. The molecular formula is C11H19F6NO3Si2. The maximum atomic E-state index is 12.5. The molecule has 0 spiro atoms. The van der Waals surface area contributed by atoms with Crippen LogP contribution in [0.3, 0.4) is 0 Å². The summed E-state index contributed by atoms with van der Waals surface area (Å²) in [6.07, 6.45) is -10.2. The fourth-order valence-corrected chi connectivity index (χ4v) is 8.78. The van der Waals surface area contributed by atoms with E-state index < -0.39 is 47.9 Å². The zero-order valence-electron chi connectivity index (χ0n) is 12.7. The van der Waals surface area contributed by atoms with Crippen LogP contribution in [0.25, 0.3) is 0 Å². The monoisotopic (exact) mass is 383 g/mol. The highest BCUT2D eigenvalue weighted by Gasteiger charge is 2.61. The van der Waals surface area contributed by atoms with Crippen LogP contribution in [0.1, 0.15) is 12.8 Å². The van der Waals surface area contributed by atoms with Crippen LogP contribution in [-0.2, 0) is 13.3 Å². The molecule has 0 radical (unpaired) electrons. The van der Waals surface area contributed by atoms with Gasteiger partial charge in [-0.25, -0.2) is 0 Å². The van der Waals surface area contributed by atoms with Crippen molar-refractivity contribution in [3.8, 4) is 0 Å². The summed E-state index contributed by atoms with van der Waals surface area (Å²) in [5.74, 6) is -6.17. The minimum atomic E-state index is -5.70. The number of nitrogens with one attached hydrogen (secondary N) is 1. The summed E-state index contributed by atoms with van der Waals surface area (Å²) >= 11 is 0. The lowest BCUT2D eigenvalue weighted by Gasteiger charge is -2.33. The van der Waals surface area contributed by atoms with Crippen LogP contribution in [0.2, 0.25) is 19.1 Å². The number of amides is 1. The Kier molecular flexibility index (Phi) is 6.69. The summed E-state index contributed by atoms with van der Waals surface area (Å²) in [7, 11) is -4.62. The molecule has 0 saturated carbocycles. The number of carbonyl (C=O) groups is 1. The van der Waals surface area contributed by atoms with Crippen molar-refractivity contribution in [1.29, 1.82) is 0 Å². The van der Waals surface area contributed by atoms with E-state index in [9.17, 15) is 31.1 Å². The van der Waals surface area contributed by atoms with Crippen molar-refractivity contribution in [3.63, 3.8) is 0 Å². The second-order valence-corrected chi connectivity index (χ2v) is 11.7. The summed E-state index contributed by atoms with van der Waals surface area (Å²) in [5.41, 5.74) is 0. The van der Waals surface area contributed by atoms with Crippen LogP contribution in [0.5, 0.6) is 0 Å². The van der Waals surface area contributed by atoms with Gasteiger partial charge in [0, 0.05) is 6.61 Å². The Bertz CT molecular complexity index is 406. The first-order valence-corrected chi connectivity index (χ1v) is 12.0. The average molecular weight is 383 g/mol. The summed E-state index contributed by atoms with van der Waals surface area (Å²) in [4.78, 5) is 11.4. The molecule has 0 aromatic heterocycles. The molecule has 1 rings (SSSR count). The minimum absolute atomic E-state index is 0.321. The van der Waals surface area contributed by atoms with Crippen LogP contribution in [-0.4, -0.2) is 48.6 Å². The molecule has 1 heterocycles. The molecule has 4 nitrogen and oxygen atoms in total. The van der Waals surface area contributed by atoms with E-state index in [-0.39, 0.29) is 0 Å². The first-order valence-electron chi connectivity index (χ1n) is 7.08. The van der Waals surface area contributed by atoms with Crippen molar-refractivity contribution in [2.75, 3.05) is 12.8 Å². The van der Waals surface area contributed by atoms with Gasteiger partial charge >= 0.3 is 20.9 Å². The topological polar surface area (TPSA) is 47.6 Å². The van der Waals surface area contributed by atoms with Gasteiger partial charge in [0.25, 0.3) is 0 Å². The van der Waals surface area contributed by atoms with Crippen LogP contribution in [0, 0.1) is 5.92 Å². The molecule has 2 atom stereocenters. The van der Waals surface area contributed by atoms with E-state index in [1.165, 1.54) is 6.55 Å². The van der Waals surface area contributed by atoms with Crippen molar-refractivity contribution in [2.45, 2.75) is 44.3 Å². The Morgan fingerprint density at radius 3 is 2.30 bits per heavy atom. The molecule has 12 heteroatoms. The second-order valence-electron chi connectivity index (χ2n) is 5.64. The molecule has 23 heavy (non-hydrogen) atoms. The third-order valence-corrected chi connectivity index (χ3v) is 9.82. The standard InChI is InChI=1S/C11H19F6NO3Si2/c1-22-6-4-3-5-20-23(2,21-22)7-18-9(19)8(10(12,13)14)11(15,16)17/h8,22H,3-7H2,1-2H3,(H,18,19). The third-order valence-electron chi connectivity index (χ3n) is 3.36. The maximum Gasteiger partial charge on any atom is 0.409 e. The Balaban J connectivity index is 2.75. The third kappa shape index (κ3) is 6.43. The summed E-state index contributed by atoms with van der Waals surface area (Å²) in [6, 6.07) is 0.855. The van der Waals surface area contributed by atoms with Crippen molar-refractivity contribution < 1.29 is 39.7 Å². The Hall–Kier alpha value is -0.596. The lowest BCUT2D eigenvalue weighted by atomic mass is 10.1. The van der Waals surface area contributed by atoms with Crippen LogP contribution >= 0.6 is 0 Å². The van der Waals surface area contributed by atoms with E-state index >= 15 is 0 Å². The molecule has 1 N–H and O–H groups in total. The molecule has 1 amide bonds. The zero-order chi connectivity index (χ0) is 17.9. The van der Waals surface area contributed by atoms with E-state index in [0.717, 1.165) is 18.9 Å². The predicted octanol–water partition coefficient (Wildman–Crippen LogP) is 2.64. The number of alkyl halides is 6. The maximum absolute atomic E-state index is 12.5. The van der Waals surface area contributed by atoms with Crippen molar-refractivity contribution in [2.24, 2.45) is 5.92 Å². The van der Waals surface area contributed by atoms with Gasteiger partial charge in [-0.2, -0.15) is 26.3 Å². The number of halogens is 6. The quantitative estimate of drug-likeness (QED) is 0.602. The first kappa shape index (κ1) is 20.4. The van der Waals surface area contributed by atoms with Gasteiger partial charge in [-0.3, -0.25) is 4.79 Å². The largest absolute Gasteiger partial charge is 0.438 e. The van der Waals surface area contributed by atoms with Gasteiger partial charge in [-0.15, -0.1) is 0 Å². The van der Waals surface area contributed by atoms with E-state index in [1.807, 2.05) is 6.55 Å². The van der Waals surface area contributed by atoms with E-state index in [2.05, 4.69) is 0 Å². The van der Waals surface area contributed by atoms with Gasteiger partial charge in [0.2, 0.25) is 11.8 Å². The lowest BCUT2D eigenvalue weighted by molar-refractivity contribution is -0.274. The molecule has 1 saturated heterocycles. The summed E-state index contributed by atoms with van der Waals surface area (Å²) in [5, 5.41) is 1.73. The Morgan fingerprint density at radius 1 is 1.22 bits per heavy atom. The highest BCUT2D eigenvalue weighted by atomic mass is 28.4. The smallest absolute Gasteiger partial charge is 0.409 e. The molecule has 0 aromatic carbocycles. The fraction of sp³-hybridized carbons (Fsp3) is 0.909. The molecule has 0 aromatic rings. The summed E-state index contributed by atoms with van der Waals surface area (Å²) in [6.45, 7) is 3.75.